The molecule has 4 atom stereocenters. The average Bonchev–Trinajstić information content (AvgIpc) is 3.01. The van der Waals surface area contributed by atoms with Crippen molar-refractivity contribution in [3.63, 3.8) is 0 Å². The van der Waals surface area contributed by atoms with E-state index in [1.54, 1.807) is 0 Å². The van der Waals surface area contributed by atoms with Crippen LogP contribution in [-0.2, 0) is 4.79 Å². The van der Waals surface area contributed by atoms with E-state index < -0.39 is 0 Å². The first-order chi connectivity index (χ1) is 7.98. The zero-order chi connectivity index (χ0) is 12.6. The fourth-order valence-corrected chi connectivity index (χ4v) is 3.04. The third-order valence-corrected chi connectivity index (χ3v) is 4.97. The zero-order valence-corrected chi connectivity index (χ0v) is 11.4. The van der Waals surface area contributed by atoms with Crippen LogP contribution in [0.4, 0.5) is 0 Å². The molecule has 1 aliphatic carbocycles. The lowest BCUT2D eigenvalue weighted by molar-refractivity contribution is -0.135. The van der Waals surface area contributed by atoms with Crippen molar-refractivity contribution in [2.45, 2.75) is 52.5 Å². The van der Waals surface area contributed by atoms with Crippen LogP contribution in [0.25, 0.3) is 0 Å². The minimum Gasteiger partial charge on any atom is -0.342 e. The minimum absolute atomic E-state index is 0.211. The number of likely N-dealkylation sites (tertiary alicyclic amines) is 1. The Morgan fingerprint density at radius 1 is 1.59 bits per heavy atom. The molecule has 2 rings (SSSR count). The van der Waals surface area contributed by atoms with E-state index in [2.05, 4.69) is 25.7 Å². The molecular formula is C14H26N2O. The van der Waals surface area contributed by atoms with Crippen LogP contribution in [0.3, 0.4) is 0 Å². The molecule has 0 aromatic carbocycles. The van der Waals surface area contributed by atoms with Crippen molar-refractivity contribution in [1.82, 2.24) is 4.90 Å². The van der Waals surface area contributed by atoms with Crippen molar-refractivity contribution in [3.8, 4) is 0 Å². The van der Waals surface area contributed by atoms with Gasteiger partial charge < -0.3 is 10.6 Å². The molecule has 17 heavy (non-hydrogen) atoms. The molecule has 1 heterocycles. The van der Waals surface area contributed by atoms with E-state index in [1.807, 2.05) is 0 Å². The monoisotopic (exact) mass is 238 g/mol. The highest BCUT2D eigenvalue weighted by Gasteiger charge is 2.54. The molecule has 3 heteroatoms. The second kappa shape index (κ2) is 4.60. The van der Waals surface area contributed by atoms with Crippen molar-refractivity contribution in [1.29, 1.82) is 0 Å². The summed E-state index contributed by atoms with van der Waals surface area (Å²) < 4.78 is 0. The van der Waals surface area contributed by atoms with Gasteiger partial charge in [0.2, 0.25) is 5.91 Å². The van der Waals surface area contributed by atoms with Crippen molar-refractivity contribution < 1.29 is 4.79 Å². The highest BCUT2D eigenvalue weighted by atomic mass is 16.2. The summed E-state index contributed by atoms with van der Waals surface area (Å²) in [5.74, 6) is 1.18. The van der Waals surface area contributed by atoms with Gasteiger partial charge >= 0.3 is 0 Å². The molecule has 1 saturated carbocycles. The van der Waals surface area contributed by atoms with Gasteiger partial charge in [0.25, 0.3) is 0 Å². The maximum absolute atomic E-state index is 12.4. The summed E-state index contributed by atoms with van der Waals surface area (Å²) in [5.41, 5.74) is 6.25. The van der Waals surface area contributed by atoms with Crippen LogP contribution in [0.15, 0.2) is 0 Å². The van der Waals surface area contributed by atoms with Gasteiger partial charge in [-0.25, -0.2) is 0 Å². The van der Waals surface area contributed by atoms with Gasteiger partial charge in [-0.05, 0) is 43.9 Å². The van der Waals surface area contributed by atoms with Crippen LogP contribution in [-0.4, -0.2) is 29.9 Å². The number of carbonyl (C=O) groups excluding carboxylic acids is 1. The van der Waals surface area contributed by atoms with Gasteiger partial charge in [-0.15, -0.1) is 0 Å². The van der Waals surface area contributed by atoms with Crippen molar-refractivity contribution >= 4 is 5.91 Å². The second-order valence-corrected chi connectivity index (χ2v) is 6.31. The molecule has 1 saturated heterocycles. The number of amides is 1. The van der Waals surface area contributed by atoms with Crippen LogP contribution in [0.2, 0.25) is 0 Å². The highest BCUT2D eigenvalue weighted by Crippen LogP contribution is 2.55. The van der Waals surface area contributed by atoms with Crippen LogP contribution in [0.1, 0.15) is 46.5 Å². The highest BCUT2D eigenvalue weighted by molar-refractivity contribution is 5.82. The molecule has 0 unspecified atom stereocenters. The number of hydrogen-bond acceptors (Lipinski definition) is 2. The summed E-state index contributed by atoms with van der Waals surface area (Å²) in [6.07, 6.45) is 4.50. The van der Waals surface area contributed by atoms with Crippen LogP contribution in [0, 0.1) is 17.3 Å². The molecule has 0 bridgehead atoms. The van der Waals surface area contributed by atoms with Crippen molar-refractivity contribution in [3.05, 3.63) is 0 Å². The van der Waals surface area contributed by atoms with Crippen LogP contribution in [0.5, 0.6) is 0 Å². The Kier molecular flexibility index (Phi) is 3.48. The fourth-order valence-electron chi connectivity index (χ4n) is 3.04. The van der Waals surface area contributed by atoms with Crippen molar-refractivity contribution in [2.24, 2.45) is 23.0 Å². The first-order valence-electron chi connectivity index (χ1n) is 7.02. The third kappa shape index (κ3) is 2.49. The van der Waals surface area contributed by atoms with E-state index in [-0.39, 0.29) is 6.04 Å². The maximum Gasteiger partial charge on any atom is 0.226 e. The number of carbonyl (C=O) groups is 1. The first-order valence-corrected chi connectivity index (χ1v) is 7.02. The van der Waals surface area contributed by atoms with E-state index in [1.165, 1.54) is 6.42 Å². The van der Waals surface area contributed by atoms with Crippen LogP contribution < -0.4 is 5.73 Å². The fraction of sp³-hybridized carbons (Fsp3) is 0.929. The normalized spacial score (nSPS) is 38.9. The standard InChI is InChI=1S/C14H26N2O/c1-4-14(3)8-12(14)13(17)16-7-5-6-11(9-16)10(2)15/h10-12H,4-9,15H2,1-3H3/t10-,11+,12-,14-/m1/s1. The van der Waals surface area contributed by atoms with E-state index >= 15 is 0 Å². The molecule has 1 aliphatic heterocycles. The predicted molar refractivity (Wildman–Crippen MR) is 69.5 cm³/mol. The molecule has 98 valence electrons. The molecule has 0 aromatic rings. The van der Waals surface area contributed by atoms with Gasteiger partial charge in [0.15, 0.2) is 0 Å². The molecule has 1 amide bonds. The summed E-state index contributed by atoms with van der Waals surface area (Å²) in [6.45, 7) is 8.31. The summed E-state index contributed by atoms with van der Waals surface area (Å²) in [6, 6.07) is 0.211. The lowest BCUT2D eigenvalue weighted by Gasteiger charge is -2.35. The van der Waals surface area contributed by atoms with Crippen molar-refractivity contribution in [2.75, 3.05) is 13.1 Å². The first kappa shape index (κ1) is 12.9. The largest absolute Gasteiger partial charge is 0.342 e. The molecule has 0 radical (unpaired) electrons. The van der Waals surface area contributed by atoms with E-state index in [4.69, 9.17) is 5.73 Å². The predicted octanol–water partition coefficient (Wildman–Crippen LogP) is 2.01. The molecular weight excluding hydrogens is 212 g/mol. The van der Waals surface area contributed by atoms with Gasteiger partial charge in [0.1, 0.15) is 0 Å². The minimum atomic E-state index is 0.211. The summed E-state index contributed by atoms with van der Waals surface area (Å²) in [5, 5.41) is 0. The van der Waals surface area contributed by atoms with Gasteiger partial charge in [-0.3, -0.25) is 4.79 Å². The summed E-state index contributed by atoms with van der Waals surface area (Å²) in [7, 11) is 0. The number of nitrogens with zero attached hydrogens (tertiary/aromatic N) is 1. The Balaban J connectivity index is 1.92. The molecule has 0 spiro atoms. The Morgan fingerprint density at radius 3 is 2.82 bits per heavy atom. The number of rotatable bonds is 3. The Hall–Kier alpha value is -0.570. The number of nitrogens with two attached hydrogens (primary N) is 1. The molecule has 2 fully saturated rings. The van der Waals surface area contributed by atoms with Gasteiger partial charge in [-0.1, -0.05) is 13.8 Å². The quantitative estimate of drug-likeness (QED) is 0.817. The second-order valence-electron chi connectivity index (χ2n) is 6.31. The molecule has 0 aromatic heterocycles. The average molecular weight is 238 g/mol. The van der Waals surface area contributed by atoms with Gasteiger partial charge in [-0.2, -0.15) is 0 Å². The molecule has 2 N–H and O–H groups in total. The van der Waals surface area contributed by atoms with E-state index in [9.17, 15) is 4.79 Å². The number of hydrogen-bond donors (Lipinski definition) is 1. The number of piperidine rings is 1. The Labute approximate surface area is 105 Å². The SMILES string of the molecule is CC[C@]1(C)C[C@@H]1C(=O)N1CCC[C@H]([C@@H](C)N)C1. The zero-order valence-electron chi connectivity index (χ0n) is 11.4. The van der Waals surface area contributed by atoms with Crippen LogP contribution >= 0.6 is 0 Å². The summed E-state index contributed by atoms with van der Waals surface area (Å²) >= 11 is 0. The van der Waals surface area contributed by atoms with Gasteiger partial charge in [0, 0.05) is 25.0 Å². The summed E-state index contributed by atoms with van der Waals surface area (Å²) in [4.78, 5) is 14.5. The Morgan fingerprint density at radius 2 is 2.29 bits per heavy atom. The lowest BCUT2D eigenvalue weighted by Crippen LogP contribution is -2.46. The Bertz CT molecular complexity index is 303. The lowest BCUT2D eigenvalue weighted by atomic mass is 9.91. The van der Waals surface area contributed by atoms with E-state index in [0.29, 0.717) is 23.2 Å². The molecule has 3 nitrogen and oxygen atoms in total. The van der Waals surface area contributed by atoms with E-state index in [0.717, 1.165) is 32.4 Å². The topological polar surface area (TPSA) is 46.3 Å². The third-order valence-electron chi connectivity index (χ3n) is 4.97. The molecule has 2 aliphatic rings. The smallest absolute Gasteiger partial charge is 0.226 e. The maximum atomic E-state index is 12.4. The van der Waals surface area contributed by atoms with Gasteiger partial charge in [0.05, 0.1) is 0 Å².